The van der Waals surface area contributed by atoms with Crippen molar-refractivity contribution in [2.75, 3.05) is 6.54 Å². The second kappa shape index (κ2) is 5.13. The first kappa shape index (κ1) is 10.4. The summed E-state index contributed by atoms with van der Waals surface area (Å²) in [4.78, 5) is 10.3. The Morgan fingerprint density at radius 1 is 1.45 bits per heavy atom. The average Bonchev–Trinajstić information content (AvgIpc) is 2.04. The average molecular weight is 158 g/mol. The fraction of sp³-hybridized carbons (Fsp3) is 0.875. The molecule has 0 spiro atoms. The summed E-state index contributed by atoms with van der Waals surface area (Å²) >= 11 is 0. The Bertz CT molecular complexity index is 111. The Hall–Kier alpha value is -0.570. The van der Waals surface area contributed by atoms with Gasteiger partial charge in [0.05, 0.1) is 0 Å². The summed E-state index contributed by atoms with van der Waals surface area (Å²) in [5.74, 6) is 0. The molecule has 0 unspecified atom stereocenters. The number of hydrogen-bond donors (Lipinski definition) is 2. The molecule has 0 aromatic rings. The zero-order chi connectivity index (χ0) is 8.74. The molecule has 11 heavy (non-hydrogen) atoms. The second-order valence-electron chi connectivity index (χ2n) is 2.79. The molecule has 0 saturated carbocycles. The van der Waals surface area contributed by atoms with Gasteiger partial charge < -0.3 is 11.1 Å². The van der Waals surface area contributed by atoms with Crippen LogP contribution in [0.3, 0.4) is 0 Å². The standard InChI is InChI=1S/C8H18N2O/c1-3-8(4-2,5-6-9)10-7-11/h7H,3-6,9H2,1-2H3,(H,10,11). The van der Waals surface area contributed by atoms with Gasteiger partial charge in [-0.2, -0.15) is 0 Å². The lowest BCUT2D eigenvalue weighted by molar-refractivity contribution is -0.111. The van der Waals surface area contributed by atoms with E-state index >= 15 is 0 Å². The van der Waals surface area contributed by atoms with Gasteiger partial charge in [-0.3, -0.25) is 4.79 Å². The van der Waals surface area contributed by atoms with Gasteiger partial charge in [-0.15, -0.1) is 0 Å². The van der Waals surface area contributed by atoms with E-state index in [4.69, 9.17) is 5.73 Å². The third-order valence-corrected chi connectivity index (χ3v) is 2.34. The van der Waals surface area contributed by atoms with E-state index in [2.05, 4.69) is 19.2 Å². The van der Waals surface area contributed by atoms with Crippen LogP contribution < -0.4 is 11.1 Å². The number of nitrogens with two attached hydrogens (primary N) is 1. The monoisotopic (exact) mass is 158 g/mol. The highest BCUT2D eigenvalue weighted by molar-refractivity contribution is 5.47. The van der Waals surface area contributed by atoms with Crippen LogP contribution in [0, 0.1) is 0 Å². The first-order valence-corrected chi connectivity index (χ1v) is 4.16. The van der Waals surface area contributed by atoms with E-state index in [-0.39, 0.29) is 5.54 Å². The third kappa shape index (κ3) is 2.89. The maximum Gasteiger partial charge on any atom is 0.207 e. The minimum Gasteiger partial charge on any atom is -0.353 e. The topological polar surface area (TPSA) is 55.1 Å². The Kier molecular flexibility index (Phi) is 4.86. The zero-order valence-corrected chi connectivity index (χ0v) is 7.39. The van der Waals surface area contributed by atoms with E-state index in [1.165, 1.54) is 0 Å². The molecule has 0 heterocycles. The first-order chi connectivity index (χ1) is 5.24. The van der Waals surface area contributed by atoms with Crippen molar-refractivity contribution in [1.29, 1.82) is 0 Å². The van der Waals surface area contributed by atoms with Crippen LogP contribution in [-0.4, -0.2) is 18.5 Å². The highest BCUT2D eigenvalue weighted by atomic mass is 16.1. The Balaban J connectivity index is 4.06. The molecule has 0 aliphatic rings. The van der Waals surface area contributed by atoms with Gasteiger partial charge in [0.15, 0.2) is 0 Å². The lowest BCUT2D eigenvalue weighted by atomic mass is 9.89. The summed E-state index contributed by atoms with van der Waals surface area (Å²) in [5.41, 5.74) is 5.38. The molecule has 0 radical (unpaired) electrons. The molecule has 0 aliphatic heterocycles. The van der Waals surface area contributed by atoms with Crippen molar-refractivity contribution in [2.24, 2.45) is 5.73 Å². The lowest BCUT2D eigenvalue weighted by Crippen LogP contribution is -2.44. The van der Waals surface area contributed by atoms with Crippen molar-refractivity contribution in [2.45, 2.75) is 38.6 Å². The lowest BCUT2D eigenvalue weighted by Gasteiger charge is -2.30. The quantitative estimate of drug-likeness (QED) is 0.557. The number of rotatable bonds is 6. The maximum absolute atomic E-state index is 10.3. The molecule has 0 aromatic carbocycles. The fourth-order valence-corrected chi connectivity index (χ4v) is 1.28. The summed E-state index contributed by atoms with van der Waals surface area (Å²) in [6.07, 6.45) is 3.51. The van der Waals surface area contributed by atoms with Crippen LogP contribution in [0.2, 0.25) is 0 Å². The maximum atomic E-state index is 10.3. The molecule has 66 valence electrons. The normalized spacial score (nSPS) is 11.2. The van der Waals surface area contributed by atoms with Crippen LogP contribution in [0.4, 0.5) is 0 Å². The number of carbonyl (C=O) groups excluding carboxylic acids is 1. The van der Waals surface area contributed by atoms with E-state index in [1.807, 2.05) is 0 Å². The molecule has 0 aromatic heterocycles. The van der Waals surface area contributed by atoms with Gasteiger partial charge in [0.1, 0.15) is 0 Å². The molecule has 0 aliphatic carbocycles. The molecule has 0 atom stereocenters. The summed E-state index contributed by atoms with van der Waals surface area (Å²) < 4.78 is 0. The predicted octanol–water partition coefficient (Wildman–Crippen LogP) is 0.640. The zero-order valence-electron chi connectivity index (χ0n) is 7.39. The molecule has 3 N–H and O–H groups in total. The molecule has 0 rings (SSSR count). The minimum absolute atomic E-state index is 0.0590. The summed E-state index contributed by atoms with van der Waals surface area (Å²) in [6, 6.07) is 0. The summed E-state index contributed by atoms with van der Waals surface area (Å²) in [5, 5.41) is 2.84. The number of hydrogen-bond acceptors (Lipinski definition) is 2. The fourth-order valence-electron chi connectivity index (χ4n) is 1.28. The molecule has 0 bridgehead atoms. The number of nitrogens with one attached hydrogen (secondary N) is 1. The van der Waals surface area contributed by atoms with Crippen molar-refractivity contribution in [3.8, 4) is 0 Å². The van der Waals surface area contributed by atoms with E-state index in [9.17, 15) is 4.79 Å². The molecule has 0 fully saturated rings. The molecule has 3 heteroatoms. The molecule has 1 amide bonds. The second-order valence-corrected chi connectivity index (χ2v) is 2.79. The van der Waals surface area contributed by atoms with Gasteiger partial charge in [-0.1, -0.05) is 13.8 Å². The summed E-state index contributed by atoms with van der Waals surface area (Å²) in [6.45, 7) is 4.76. The molecular weight excluding hydrogens is 140 g/mol. The van der Waals surface area contributed by atoms with E-state index in [0.717, 1.165) is 25.7 Å². The smallest absolute Gasteiger partial charge is 0.207 e. The van der Waals surface area contributed by atoms with Crippen molar-refractivity contribution >= 4 is 6.41 Å². The minimum atomic E-state index is -0.0590. The Morgan fingerprint density at radius 3 is 2.27 bits per heavy atom. The number of carbonyl (C=O) groups is 1. The van der Waals surface area contributed by atoms with Gasteiger partial charge in [-0.05, 0) is 25.8 Å². The Labute approximate surface area is 68.3 Å². The van der Waals surface area contributed by atoms with Crippen molar-refractivity contribution in [1.82, 2.24) is 5.32 Å². The Morgan fingerprint density at radius 2 is 2.00 bits per heavy atom. The van der Waals surface area contributed by atoms with Crippen LogP contribution >= 0.6 is 0 Å². The summed E-state index contributed by atoms with van der Waals surface area (Å²) in [7, 11) is 0. The van der Waals surface area contributed by atoms with Gasteiger partial charge >= 0.3 is 0 Å². The van der Waals surface area contributed by atoms with Crippen molar-refractivity contribution in [3.05, 3.63) is 0 Å². The predicted molar refractivity (Wildman–Crippen MR) is 46.2 cm³/mol. The van der Waals surface area contributed by atoms with Gasteiger partial charge in [-0.25, -0.2) is 0 Å². The van der Waals surface area contributed by atoms with Gasteiger partial charge in [0, 0.05) is 5.54 Å². The van der Waals surface area contributed by atoms with E-state index in [1.54, 1.807) is 0 Å². The molecule has 0 saturated heterocycles. The van der Waals surface area contributed by atoms with Crippen LogP contribution in [0.25, 0.3) is 0 Å². The van der Waals surface area contributed by atoms with Crippen LogP contribution in [0.1, 0.15) is 33.1 Å². The van der Waals surface area contributed by atoms with Gasteiger partial charge in [0.25, 0.3) is 0 Å². The molecule has 3 nitrogen and oxygen atoms in total. The largest absolute Gasteiger partial charge is 0.353 e. The van der Waals surface area contributed by atoms with Gasteiger partial charge in [0.2, 0.25) is 6.41 Å². The highest BCUT2D eigenvalue weighted by Gasteiger charge is 2.23. The van der Waals surface area contributed by atoms with Crippen molar-refractivity contribution < 1.29 is 4.79 Å². The first-order valence-electron chi connectivity index (χ1n) is 4.16. The van der Waals surface area contributed by atoms with E-state index < -0.39 is 0 Å². The SMILES string of the molecule is CCC(CC)(CCN)NC=O. The van der Waals surface area contributed by atoms with Crippen LogP contribution in [0.15, 0.2) is 0 Å². The number of amides is 1. The third-order valence-electron chi connectivity index (χ3n) is 2.34. The van der Waals surface area contributed by atoms with Crippen LogP contribution in [0.5, 0.6) is 0 Å². The van der Waals surface area contributed by atoms with Crippen molar-refractivity contribution in [3.63, 3.8) is 0 Å². The van der Waals surface area contributed by atoms with E-state index in [0.29, 0.717) is 6.54 Å². The molecular formula is C8H18N2O. The highest BCUT2D eigenvalue weighted by Crippen LogP contribution is 2.17. The van der Waals surface area contributed by atoms with Crippen LogP contribution in [-0.2, 0) is 4.79 Å².